The van der Waals surface area contributed by atoms with E-state index in [1.54, 1.807) is 24.3 Å². The van der Waals surface area contributed by atoms with Crippen LogP contribution in [-0.4, -0.2) is 54.5 Å². The highest BCUT2D eigenvalue weighted by atomic mass is 35.5. The van der Waals surface area contributed by atoms with Gasteiger partial charge < -0.3 is 10.2 Å². The Morgan fingerprint density at radius 1 is 1.03 bits per heavy atom. The van der Waals surface area contributed by atoms with Gasteiger partial charge in [0.05, 0.1) is 5.56 Å². The molecule has 3 amide bonds. The van der Waals surface area contributed by atoms with Crippen molar-refractivity contribution in [3.8, 4) is 0 Å². The Morgan fingerprint density at radius 2 is 1.65 bits per heavy atom. The molecule has 1 aliphatic rings. The van der Waals surface area contributed by atoms with Crippen LogP contribution in [0, 0.1) is 5.92 Å². The maximum absolute atomic E-state index is 13.4. The number of nitrogens with one attached hydrogen (secondary N) is 1. The molecule has 0 spiro atoms. The van der Waals surface area contributed by atoms with Crippen molar-refractivity contribution in [3.05, 3.63) is 63.6 Å². The van der Waals surface area contributed by atoms with Gasteiger partial charge in [-0.15, -0.1) is 0 Å². The molecule has 0 saturated heterocycles. The number of halogens is 2. The van der Waals surface area contributed by atoms with Gasteiger partial charge in [-0.05, 0) is 37.1 Å². The fraction of sp³-hybridized carbons (Fsp3) is 0.348. The van der Waals surface area contributed by atoms with Crippen molar-refractivity contribution in [2.24, 2.45) is 5.92 Å². The van der Waals surface area contributed by atoms with Crippen LogP contribution in [-0.2, 0) is 26.2 Å². The van der Waals surface area contributed by atoms with Gasteiger partial charge in [0.15, 0.2) is 0 Å². The third kappa shape index (κ3) is 5.21. The monoisotopic (exact) mass is 525 g/mol. The van der Waals surface area contributed by atoms with E-state index in [2.05, 4.69) is 5.32 Å². The van der Waals surface area contributed by atoms with E-state index in [-0.39, 0.29) is 33.0 Å². The number of amides is 3. The standard InChI is InChI=1S/C23H25Cl2N3O5S/c1-14(2)11-26-22(30)15(3)27(12-17-18(24)8-6-9-19(17)25)21(29)13-28-23(31)16-7-4-5-10-20(16)34(28,32)33/h4-10,14-15H,11-13H2,1-3H3,(H,26,30)/t15-/m1/s1. The number of carbonyl (C=O) groups excluding carboxylic acids is 3. The Bertz CT molecular complexity index is 1210. The molecule has 0 bridgehead atoms. The summed E-state index contributed by atoms with van der Waals surface area (Å²) in [6, 6.07) is 9.61. The highest BCUT2D eigenvalue weighted by molar-refractivity contribution is 7.90. The lowest BCUT2D eigenvalue weighted by atomic mass is 10.1. The first-order valence-electron chi connectivity index (χ1n) is 10.6. The van der Waals surface area contributed by atoms with Crippen molar-refractivity contribution in [2.45, 2.75) is 38.3 Å². The van der Waals surface area contributed by atoms with Crippen LogP contribution in [0.3, 0.4) is 0 Å². The number of benzene rings is 2. The molecule has 34 heavy (non-hydrogen) atoms. The molecule has 1 atom stereocenters. The predicted molar refractivity (Wildman–Crippen MR) is 129 cm³/mol. The van der Waals surface area contributed by atoms with E-state index in [0.29, 0.717) is 16.4 Å². The predicted octanol–water partition coefficient (Wildman–Crippen LogP) is 3.33. The highest BCUT2D eigenvalue weighted by Gasteiger charge is 2.43. The van der Waals surface area contributed by atoms with Crippen LogP contribution in [0.5, 0.6) is 0 Å². The molecule has 2 aromatic carbocycles. The van der Waals surface area contributed by atoms with Crippen LogP contribution in [0.1, 0.15) is 36.7 Å². The molecule has 11 heteroatoms. The second-order valence-corrected chi connectivity index (χ2v) is 11.0. The van der Waals surface area contributed by atoms with Gasteiger partial charge in [-0.1, -0.05) is 55.2 Å². The lowest BCUT2D eigenvalue weighted by molar-refractivity contribution is -0.140. The number of sulfonamides is 1. The molecule has 2 aromatic rings. The van der Waals surface area contributed by atoms with Gasteiger partial charge in [0.25, 0.3) is 15.9 Å². The summed E-state index contributed by atoms with van der Waals surface area (Å²) in [4.78, 5) is 40.0. The van der Waals surface area contributed by atoms with Crippen molar-refractivity contribution < 1.29 is 22.8 Å². The summed E-state index contributed by atoms with van der Waals surface area (Å²) in [5.41, 5.74) is 0.403. The minimum atomic E-state index is -4.20. The zero-order valence-corrected chi connectivity index (χ0v) is 21.2. The van der Waals surface area contributed by atoms with Gasteiger partial charge in [-0.2, -0.15) is 0 Å². The first-order valence-corrected chi connectivity index (χ1v) is 12.8. The second-order valence-electron chi connectivity index (χ2n) is 8.35. The normalized spacial score (nSPS) is 15.2. The first kappa shape index (κ1) is 26.0. The molecule has 3 rings (SSSR count). The third-order valence-electron chi connectivity index (χ3n) is 5.43. The van der Waals surface area contributed by atoms with Crippen molar-refractivity contribution in [2.75, 3.05) is 13.1 Å². The third-order valence-corrected chi connectivity index (χ3v) is 7.93. The number of nitrogens with zero attached hydrogens (tertiary/aromatic N) is 2. The van der Waals surface area contributed by atoms with E-state index < -0.39 is 40.3 Å². The summed E-state index contributed by atoms with van der Waals surface area (Å²) in [6.45, 7) is 4.86. The van der Waals surface area contributed by atoms with Gasteiger partial charge in [-0.25, -0.2) is 12.7 Å². The van der Waals surface area contributed by atoms with Gasteiger partial charge in [0, 0.05) is 28.7 Å². The largest absolute Gasteiger partial charge is 0.354 e. The van der Waals surface area contributed by atoms with Crippen LogP contribution < -0.4 is 5.32 Å². The minimum Gasteiger partial charge on any atom is -0.354 e. The fourth-order valence-corrected chi connectivity index (χ4v) is 5.52. The Kier molecular flexibility index (Phi) is 7.90. The van der Waals surface area contributed by atoms with E-state index in [9.17, 15) is 22.8 Å². The minimum absolute atomic E-state index is 0.00118. The molecule has 1 aliphatic heterocycles. The zero-order valence-electron chi connectivity index (χ0n) is 18.9. The van der Waals surface area contributed by atoms with Crippen LogP contribution in [0.15, 0.2) is 47.4 Å². The molecular formula is C23H25Cl2N3O5S. The Labute approximate surface area is 208 Å². The maximum atomic E-state index is 13.4. The molecule has 0 unspecified atom stereocenters. The molecule has 0 fully saturated rings. The quantitative estimate of drug-likeness (QED) is 0.569. The lowest BCUT2D eigenvalue weighted by Gasteiger charge is -2.30. The van der Waals surface area contributed by atoms with E-state index in [0.717, 1.165) is 0 Å². The Hall–Kier alpha value is -2.62. The molecule has 0 aromatic heterocycles. The van der Waals surface area contributed by atoms with Crippen molar-refractivity contribution >= 4 is 50.9 Å². The molecule has 1 N–H and O–H groups in total. The van der Waals surface area contributed by atoms with E-state index in [1.165, 1.54) is 30.0 Å². The van der Waals surface area contributed by atoms with Gasteiger partial charge in [0.1, 0.15) is 17.5 Å². The number of hydrogen-bond donors (Lipinski definition) is 1. The van der Waals surface area contributed by atoms with Gasteiger partial charge in [0.2, 0.25) is 11.8 Å². The molecule has 182 valence electrons. The van der Waals surface area contributed by atoms with E-state index in [4.69, 9.17) is 23.2 Å². The number of fused-ring (bicyclic) bond motifs is 1. The zero-order chi connectivity index (χ0) is 25.2. The van der Waals surface area contributed by atoms with Crippen molar-refractivity contribution in [3.63, 3.8) is 0 Å². The van der Waals surface area contributed by atoms with Crippen LogP contribution in [0.25, 0.3) is 0 Å². The van der Waals surface area contributed by atoms with Crippen molar-refractivity contribution in [1.82, 2.24) is 14.5 Å². The molecule has 1 heterocycles. The Balaban J connectivity index is 1.92. The molecular weight excluding hydrogens is 501 g/mol. The highest BCUT2D eigenvalue weighted by Crippen LogP contribution is 2.31. The SMILES string of the molecule is CC(C)CNC(=O)[C@@H](C)N(Cc1c(Cl)cccc1Cl)C(=O)CN1C(=O)c2ccccc2S1(=O)=O. The first-order chi connectivity index (χ1) is 15.9. The van der Waals surface area contributed by atoms with Crippen LogP contribution in [0.4, 0.5) is 0 Å². The van der Waals surface area contributed by atoms with Gasteiger partial charge >= 0.3 is 0 Å². The molecule has 0 radical (unpaired) electrons. The summed E-state index contributed by atoms with van der Waals surface area (Å²) < 4.78 is 26.4. The molecule has 0 aliphatic carbocycles. The number of hydrogen-bond acceptors (Lipinski definition) is 5. The maximum Gasteiger partial charge on any atom is 0.269 e. The average Bonchev–Trinajstić information content (AvgIpc) is 2.97. The summed E-state index contributed by atoms with van der Waals surface area (Å²) in [5.74, 6) is -1.78. The summed E-state index contributed by atoms with van der Waals surface area (Å²) in [5, 5.41) is 3.35. The molecule has 0 saturated carbocycles. The topological polar surface area (TPSA) is 104 Å². The van der Waals surface area contributed by atoms with Crippen molar-refractivity contribution in [1.29, 1.82) is 0 Å². The average molecular weight is 526 g/mol. The van der Waals surface area contributed by atoms with E-state index >= 15 is 0 Å². The number of rotatable bonds is 8. The van der Waals surface area contributed by atoms with Crippen LogP contribution in [0.2, 0.25) is 10.0 Å². The summed E-state index contributed by atoms with van der Waals surface area (Å²) in [6.07, 6.45) is 0. The summed E-state index contributed by atoms with van der Waals surface area (Å²) >= 11 is 12.6. The smallest absolute Gasteiger partial charge is 0.269 e. The Morgan fingerprint density at radius 3 is 2.24 bits per heavy atom. The lowest BCUT2D eigenvalue weighted by Crippen LogP contribution is -2.51. The molecule has 8 nitrogen and oxygen atoms in total. The van der Waals surface area contributed by atoms with E-state index in [1.807, 2.05) is 13.8 Å². The van der Waals surface area contributed by atoms with Crippen LogP contribution >= 0.6 is 23.2 Å². The van der Waals surface area contributed by atoms with Gasteiger partial charge in [-0.3, -0.25) is 14.4 Å². The number of carbonyl (C=O) groups is 3. The second kappa shape index (κ2) is 10.3. The summed E-state index contributed by atoms with van der Waals surface area (Å²) in [7, 11) is -4.20. The fourth-order valence-electron chi connectivity index (χ4n) is 3.49.